The van der Waals surface area contributed by atoms with Gasteiger partial charge >= 0.3 is 0 Å². The fourth-order valence-corrected chi connectivity index (χ4v) is 3.53. The summed E-state index contributed by atoms with van der Waals surface area (Å²) in [5.41, 5.74) is 0.613. The Labute approximate surface area is 168 Å². The Hall–Kier alpha value is -3.35. The van der Waals surface area contributed by atoms with Crippen LogP contribution in [0, 0.1) is 0 Å². The number of phenolic OH excluding ortho intramolecular Hbond substituents is 1. The summed E-state index contributed by atoms with van der Waals surface area (Å²) in [5.74, 6) is 0.244. The molecule has 2 aromatic carbocycles. The van der Waals surface area contributed by atoms with Gasteiger partial charge in [0.05, 0.1) is 29.3 Å². The van der Waals surface area contributed by atoms with Gasteiger partial charge in [0, 0.05) is 6.54 Å². The van der Waals surface area contributed by atoms with Gasteiger partial charge in [-0.2, -0.15) is 0 Å². The summed E-state index contributed by atoms with van der Waals surface area (Å²) < 4.78 is 11.2. The first-order valence-corrected chi connectivity index (χ1v) is 9.52. The number of hydrogen-bond donors (Lipinski definition) is 1. The normalized spacial score (nSPS) is 15.8. The molecule has 7 nitrogen and oxygen atoms in total. The number of likely N-dealkylation sites (tertiary alicyclic amines) is 1. The van der Waals surface area contributed by atoms with Crippen LogP contribution in [0.2, 0.25) is 0 Å². The Kier molecular flexibility index (Phi) is 6.49. The molecule has 1 saturated heterocycles. The van der Waals surface area contributed by atoms with Gasteiger partial charge in [-0.05, 0) is 44.0 Å². The van der Waals surface area contributed by atoms with E-state index in [0.29, 0.717) is 37.0 Å². The summed E-state index contributed by atoms with van der Waals surface area (Å²) in [6, 6.07) is 9.36. The molecule has 0 spiro atoms. The van der Waals surface area contributed by atoms with Crippen LogP contribution in [0.15, 0.2) is 36.4 Å². The van der Waals surface area contributed by atoms with Gasteiger partial charge in [0.15, 0.2) is 12.6 Å². The minimum Gasteiger partial charge on any atom is -0.507 e. The fourth-order valence-electron chi connectivity index (χ4n) is 3.53. The number of carbonyl (C=O) groups excluding carboxylic acids is 3. The van der Waals surface area contributed by atoms with Gasteiger partial charge in [0.25, 0.3) is 5.91 Å². The minimum atomic E-state index is -0.258. The maximum absolute atomic E-state index is 13.1. The number of aldehydes is 2. The SMILES string of the molecule is CCOc1cccc(C(=O)N2CCCC2COc2cccc(O)c2C=O)c1C=O. The van der Waals surface area contributed by atoms with Crippen LogP contribution in [-0.2, 0) is 0 Å². The average molecular weight is 397 g/mol. The average Bonchev–Trinajstić information content (AvgIpc) is 3.20. The number of amides is 1. The van der Waals surface area contributed by atoms with Crippen molar-refractivity contribution in [2.45, 2.75) is 25.8 Å². The Bertz CT molecular complexity index is 910. The molecular weight excluding hydrogens is 374 g/mol. The van der Waals surface area contributed by atoms with E-state index in [4.69, 9.17) is 9.47 Å². The summed E-state index contributed by atoms with van der Waals surface area (Å²) in [4.78, 5) is 37.6. The third-order valence-corrected chi connectivity index (χ3v) is 4.94. The van der Waals surface area contributed by atoms with E-state index in [1.165, 1.54) is 6.07 Å². The number of phenols is 1. The van der Waals surface area contributed by atoms with E-state index in [1.54, 1.807) is 35.2 Å². The zero-order valence-corrected chi connectivity index (χ0v) is 16.2. The molecule has 3 rings (SSSR count). The molecule has 1 aliphatic rings. The van der Waals surface area contributed by atoms with Gasteiger partial charge in [-0.1, -0.05) is 12.1 Å². The summed E-state index contributed by atoms with van der Waals surface area (Å²) in [6.45, 7) is 2.93. The van der Waals surface area contributed by atoms with Crippen molar-refractivity contribution in [3.05, 3.63) is 53.1 Å². The van der Waals surface area contributed by atoms with E-state index in [2.05, 4.69) is 0 Å². The molecule has 152 valence electrons. The lowest BCUT2D eigenvalue weighted by Crippen LogP contribution is -2.39. The minimum absolute atomic E-state index is 0.0797. The maximum Gasteiger partial charge on any atom is 0.255 e. The Morgan fingerprint density at radius 3 is 2.48 bits per heavy atom. The largest absolute Gasteiger partial charge is 0.507 e. The predicted octanol–water partition coefficient (Wildman–Crippen LogP) is 3.10. The van der Waals surface area contributed by atoms with Gasteiger partial charge in [0.1, 0.15) is 23.9 Å². The molecular formula is C22H23NO6. The van der Waals surface area contributed by atoms with Gasteiger partial charge in [-0.15, -0.1) is 0 Å². The van der Waals surface area contributed by atoms with E-state index in [-0.39, 0.29) is 41.2 Å². The molecule has 2 aromatic rings. The molecule has 0 bridgehead atoms. The number of carbonyl (C=O) groups is 3. The summed E-state index contributed by atoms with van der Waals surface area (Å²) in [6.07, 6.45) is 2.73. The molecule has 1 aliphatic heterocycles. The van der Waals surface area contributed by atoms with Crippen LogP contribution in [0.1, 0.15) is 50.8 Å². The molecule has 1 atom stereocenters. The number of nitrogens with zero attached hydrogens (tertiary/aromatic N) is 1. The molecule has 0 radical (unpaired) electrons. The molecule has 0 saturated carbocycles. The molecule has 29 heavy (non-hydrogen) atoms. The lowest BCUT2D eigenvalue weighted by molar-refractivity contribution is 0.0687. The van der Waals surface area contributed by atoms with Crippen molar-refractivity contribution >= 4 is 18.5 Å². The first-order chi connectivity index (χ1) is 14.1. The zero-order chi connectivity index (χ0) is 20.8. The van der Waals surface area contributed by atoms with Crippen LogP contribution in [0.3, 0.4) is 0 Å². The Balaban J connectivity index is 1.78. The van der Waals surface area contributed by atoms with Crippen LogP contribution in [0.25, 0.3) is 0 Å². The quantitative estimate of drug-likeness (QED) is 0.688. The first kappa shape index (κ1) is 20.4. The molecule has 1 N–H and O–H groups in total. The zero-order valence-electron chi connectivity index (χ0n) is 16.2. The second-order valence-corrected chi connectivity index (χ2v) is 6.68. The highest BCUT2D eigenvalue weighted by molar-refractivity contribution is 6.03. The van der Waals surface area contributed by atoms with Crippen LogP contribution < -0.4 is 9.47 Å². The van der Waals surface area contributed by atoms with Gasteiger partial charge in [-0.25, -0.2) is 0 Å². The van der Waals surface area contributed by atoms with Crippen molar-refractivity contribution in [3.8, 4) is 17.2 Å². The second-order valence-electron chi connectivity index (χ2n) is 6.68. The monoisotopic (exact) mass is 397 g/mol. The van der Waals surface area contributed by atoms with E-state index in [1.807, 2.05) is 6.92 Å². The van der Waals surface area contributed by atoms with Crippen LogP contribution in [-0.4, -0.2) is 54.3 Å². The third kappa shape index (κ3) is 4.23. The number of ether oxygens (including phenoxy) is 2. The van der Waals surface area contributed by atoms with Crippen molar-refractivity contribution in [2.75, 3.05) is 19.8 Å². The van der Waals surface area contributed by atoms with Crippen LogP contribution in [0.5, 0.6) is 17.2 Å². The lowest BCUT2D eigenvalue weighted by atomic mass is 10.1. The fraction of sp³-hybridized carbons (Fsp3) is 0.318. The second kappa shape index (κ2) is 9.23. The number of rotatable bonds is 8. The summed E-state index contributed by atoms with van der Waals surface area (Å²) in [7, 11) is 0. The Morgan fingerprint density at radius 1 is 1.10 bits per heavy atom. The molecule has 0 aliphatic carbocycles. The predicted molar refractivity (Wildman–Crippen MR) is 106 cm³/mol. The number of benzene rings is 2. The standard InChI is InChI=1S/C22H23NO6/c1-2-28-20-9-3-7-16(17(20)12-24)22(27)23-11-5-6-15(23)14-29-21-10-4-8-19(26)18(21)13-25/h3-4,7-10,12-13,15,26H,2,5-6,11,14H2,1H3. The topological polar surface area (TPSA) is 93.1 Å². The first-order valence-electron chi connectivity index (χ1n) is 9.52. The third-order valence-electron chi connectivity index (χ3n) is 4.94. The maximum atomic E-state index is 13.1. The summed E-state index contributed by atoms with van der Waals surface area (Å²) >= 11 is 0. The number of hydrogen-bond acceptors (Lipinski definition) is 6. The smallest absolute Gasteiger partial charge is 0.255 e. The van der Waals surface area contributed by atoms with Crippen LogP contribution in [0.4, 0.5) is 0 Å². The van der Waals surface area contributed by atoms with Gasteiger partial charge in [0.2, 0.25) is 0 Å². The number of aromatic hydroxyl groups is 1. The lowest BCUT2D eigenvalue weighted by Gasteiger charge is -2.26. The van der Waals surface area contributed by atoms with Crippen LogP contribution >= 0.6 is 0 Å². The molecule has 7 heteroatoms. The van der Waals surface area contributed by atoms with Crippen molar-refractivity contribution < 1.29 is 29.0 Å². The molecule has 1 heterocycles. The van der Waals surface area contributed by atoms with E-state index >= 15 is 0 Å². The molecule has 1 amide bonds. The van der Waals surface area contributed by atoms with Crippen molar-refractivity contribution in [2.24, 2.45) is 0 Å². The van der Waals surface area contributed by atoms with E-state index < -0.39 is 0 Å². The van der Waals surface area contributed by atoms with Gasteiger partial charge in [-0.3, -0.25) is 14.4 Å². The summed E-state index contributed by atoms with van der Waals surface area (Å²) in [5, 5.41) is 9.78. The van der Waals surface area contributed by atoms with Crippen molar-refractivity contribution in [1.29, 1.82) is 0 Å². The highest BCUT2D eigenvalue weighted by Crippen LogP contribution is 2.29. The van der Waals surface area contributed by atoms with Crippen molar-refractivity contribution in [3.63, 3.8) is 0 Å². The highest BCUT2D eigenvalue weighted by Gasteiger charge is 2.32. The van der Waals surface area contributed by atoms with E-state index in [0.717, 1.165) is 12.8 Å². The highest BCUT2D eigenvalue weighted by atomic mass is 16.5. The van der Waals surface area contributed by atoms with Gasteiger partial charge < -0.3 is 19.5 Å². The molecule has 1 fully saturated rings. The van der Waals surface area contributed by atoms with E-state index in [9.17, 15) is 19.5 Å². The van der Waals surface area contributed by atoms with Crippen molar-refractivity contribution in [1.82, 2.24) is 4.90 Å². The molecule has 1 unspecified atom stereocenters. The molecule has 0 aromatic heterocycles. The Morgan fingerprint density at radius 2 is 1.79 bits per heavy atom.